The summed E-state index contributed by atoms with van der Waals surface area (Å²) in [5.74, 6) is 0.441. The zero-order chi connectivity index (χ0) is 20.7. The molecule has 1 aliphatic rings. The van der Waals surface area contributed by atoms with E-state index in [2.05, 4.69) is 5.32 Å². The Morgan fingerprint density at radius 2 is 1.93 bits per heavy atom. The molecule has 0 radical (unpaired) electrons. The van der Waals surface area contributed by atoms with Crippen molar-refractivity contribution in [3.63, 3.8) is 0 Å². The lowest BCUT2D eigenvalue weighted by Crippen LogP contribution is -2.18. The molecule has 3 aromatic rings. The SMILES string of the molecule is Cc1c(-c2cc3cc(OC/C=C4/SC(=O)NC4=O)ccc3o2)oc(=O)c(C)c1O. The molecule has 0 aliphatic carbocycles. The number of thioether (sulfide) groups is 1. The maximum absolute atomic E-state index is 11.9. The number of benzene rings is 1. The molecule has 8 nitrogen and oxygen atoms in total. The molecule has 1 saturated heterocycles. The van der Waals surface area contributed by atoms with E-state index in [4.69, 9.17) is 13.6 Å². The first-order valence-corrected chi connectivity index (χ1v) is 9.38. The molecule has 0 unspecified atom stereocenters. The molecular weight excluding hydrogens is 398 g/mol. The Hall–Kier alpha value is -3.46. The van der Waals surface area contributed by atoms with Crippen LogP contribution < -0.4 is 15.7 Å². The number of carbonyl (C=O) groups excluding carboxylic acids is 2. The topological polar surface area (TPSA) is 119 Å². The van der Waals surface area contributed by atoms with Gasteiger partial charge in [-0.2, -0.15) is 0 Å². The van der Waals surface area contributed by atoms with Crippen LogP contribution in [0, 0.1) is 13.8 Å². The molecule has 0 atom stereocenters. The standard InChI is InChI=1S/C20H15NO7S/c1-9-16(22)10(2)19(24)28-17(9)14-8-11-7-12(3-4-13(11)27-14)26-6-5-15-18(23)21-20(25)29-15/h3-5,7-8,22H,6H2,1-2H3,(H,21,23,25)/b15-5+. The summed E-state index contributed by atoms with van der Waals surface area (Å²) in [6.45, 7) is 3.23. The van der Waals surface area contributed by atoms with Crippen LogP contribution in [0.3, 0.4) is 0 Å². The lowest BCUT2D eigenvalue weighted by Gasteiger charge is -2.05. The van der Waals surface area contributed by atoms with Gasteiger partial charge in [0.05, 0.1) is 10.5 Å². The van der Waals surface area contributed by atoms with Crippen LogP contribution in [0.4, 0.5) is 4.79 Å². The van der Waals surface area contributed by atoms with E-state index in [9.17, 15) is 19.5 Å². The van der Waals surface area contributed by atoms with Crippen molar-refractivity contribution in [1.82, 2.24) is 5.32 Å². The lowest BCUT2D eigenvalue weighted by molar-refractivity contribution is -0.115. The number of aromatic hydroxyl groups is 1. The summed E-state index contributed by atoms with van der Waals surface area (Å²) in [7, 11) is 0. The first-order valence-electron chi connectivity index (χ1n) is 8.57. The van der Waals surface area contributed by atoms with E-state index in [1.165, 1.54) is 13.0 Å². The number of rotatable bonds is 4. The summed E-state index contributed by atoms with van der Waals surface area (Å²) < 4.78 is 16.7. The van der Waals surface area contributed by atoms with Gasteiger partial charge in [-0.1, -0.05) is 0 Å². The summed E-state index contributed by atoms with van der Waals surface area (Å²) in [5, 5.41) is 12.6. The van der Waals surface area contributed by atoms with Crippen molar-refractivity contribution < 1.29 is 28.3 Å². The highest BCUT2D eigenvalue weighted by atomic mass is 32.2. The Morgan fingerprint density at radius 1 is 1.14 bits per heavy atom. The lowest BCUT2D eigenvalue weighted by atomic mass is 10.1. The zero-order valence-corrected chi connectivity index (χ0v) is 16.2. The average molecular weight is 413 g/mol. The number of hydrogen-bond acceptors (Lipinski definition) is 8. The molecule has 4 rings (SSSR count). The van der Waals surface area contributed by atoms with Gasteiger partial charge in [-0.25, -0.2) is 4.79 Å². The third-order valence-electron chi connectivity index (χ3n) is 4.42. The molecule has 148 valence electrons. The minimum absolute atomic E-state index is 0.110. The molecule has 3 heterocycles. The monoisotopic (exact) mass is 413 g/mol. The van der Waals surface area contributed by atoms with E-state index in [0.29, 0.717) is 32.9 Å². The Kier molecular flexibility index (Phi) is 4.67. The molecule has 1 aromatic carbocycles. The van der Waals surface area contributed by atoms with Crippen LogP contribution in [0.2, 0.25) is 0 Å². The quantitative estimate of drug-likeness (QED) is 0.623. The van der Waals surface area contributed by atoms with Crippen LogP contribution >= 0.6 is 11.8 Å². The second-order valence-electron chi connectivity index (χ2n) is 6.35. The van der Waals surface area contributed by atoms with Crippen LogP contribution in [-0.4, -0.2) is 22.9 Å². The third kappa shape index (κ3) is 3.52. The number of carbonyl (C=O) groups is 2. The first kappa shape index (κ1) is 18.9. The minimum atomic E-state index is -0.632. The molecule has 2 N–H and O–H groups in total. The molecular formula is C20H15NO7S. The van der Waals surface area contributed by atoms with E-state index in [0.717, 1.165) is 11.8 Å². The van der Waals surface area contributed by atoms with Gasteiger partial charge in [0.1, 0.15) is 23.7 Å². The van der Waals surface area contributed by atoms with Gasteiger partial charge in [0.15, 0.2) is 11.5 Å². The summed E-state index contributed by atoms with van der Waals surface area (Å²) in [5.41, 5.74) is 0.464. The van der Waals surface area contributed by atoms with Crippen molar-refractivity contribution in [2.45, 2.75) is 13.8 Å². The van der Waals surface area contributed by atoms with E-state index in [1.54, 1.807) is 31.2 Å². The molecule has 2 amide bonds. The van der Waals surface area contributed by atoms with Crippen molar-refractivity contribution in [2.75, 3.05) is 6.61 Å². The molecule has 2 aromatic heterocycles. The second kappa shape index (κ2) is 7.17. The van der Waals surface area contributed by atoms with Crippen LogP contribution in [0.1, 0.15) is 11.1 Å². The highest BCUT2D eigenvalue weighted by Gasteiger charge is 2.24. The number of fused-ring (bicyclic) bond motifs is 1. The van der Waals surface area contributed by atoms with Gasteiger partial charge in [-0.05, 0) is 56.0 Å². The second-order valence-corrected chi connectivity index (χ2v) is 7.37. The number of amides is 2. The van der Waals surface area contributed by atoms with E-state index < -0.39 is 16.8 Å². The normalized spacial score (nSPS) is 15.3. The fourth-order valence-corrected chi connectivity index (χ4v) is 3.50. The van der Waals surface area contributed by atoms with Crippen molar-refractivity contribution in [1.29, 1.82) is 0 Å². The predicted molar refractivity (Wildman–Crippen MR) is 106 cm³/mol. The maximum atomic E-state index is 11.9. The fourth-order valence-electron chi connectivity index (χ4n) is 2.86. The number of imide groups is 1. The van der Waals surface area contributed by atoms with E-state index >= 15 is 0 Å². The van der Waals surface area contributed by atoms with Crippen molar-refractivity contribution in [2.24, 2.45) is 0 Å². The van der Waals surface area contributed by atoms with Gasteiger partial charge in [-0.3, -0.25) is 14.9 Å². The predicted octanol–water partition coefficient (Wildman–Crippen LogP) is 3.62. The van der Waals surface area contributed by atoms with Crippen LogP contribution in [-0.2, 0) is 4.79 Å². The Bertz CT molecular complexity index is 1250. The van der Waals surface area contributed by atoms with Crippen molar-refractivity contribution in [3.05, 3.63) is 56.8 Å². The fraction of sp³-hybridized carbons (Fsp3) is 0.150. The Balaban J connectivity index is 1.59. The van der Waals surface area contributed by atoms with Crippen molar-refractivity contribution >= 4 is 33.9 Å². The first-order chi connectivity index (χ1) is 13.8. The maximum Gasteiger partial charge on any atom is 0.343 e. The molecule has 0 spiro atoms. The molecule has 9 heteroatoms. The molecule has 0 saturated carbocycles. The largest absolute Gasteiger partial charge is 0.507 e. The van der Waals surface area contributed by atoms with Gasteiger partial charge in [0, 0.05) is 10.9 Å². The highest BCUT2D eigenvalue weighted by Crippen LogP contribution is 2.34. The summed E-state index contributed by atoms with van der Waals surface area (Å²) in [6, 6.07) is 6.80. The number of furan rings is 1. The van der Waals surface area contributed by atoms with Gasteiger partial charge in [0.2, 0.25) is 0 Å². The van der Waals surface area contributed by atoms with E-state index in [-0.39, 0.29) is 23.7 Å². The van der Waals surface area contributed by atoms with Gasteiger partial charge >= 0.3 is 5.63 Å². The number of ether oxygens (including phenoxy) is 1. The average Bonchev–Trinajstić information content (AvgIpc) is 3.25. The van der Waals surface area contributed by atoms with Crippen molar-refractivity contribution in [3.8, 4) is 23.0 Å². The summed E-state index contributed by atoms with van der Waals surface area (Å²) in [4.78, 5) is 34.8. The van der Waals surface area contributed by atoms with Gasteiger partial charge < -0.3 is 18.7 Å². The van der Waals surface area contributed by atoms with Crippen LogP contribution in [0.15, 0.2) is 48.9 Å². The van der Waals surface area contributed by atoms with E-state index in [1.807, 2.05) is 0 Å². The highest BCUT2D eigenvalue weighted by molar-refractivity contribution is 8.18. The van der Waals surface area contributed by atoms with Crippen LogP contribution in [0.5, 0.6) is 11.5 Å². The summed E-state index contributed by atoms with van der Waals surface area (Å²) in [6.07, 6.45) is 1.53. The number of nitrogens with one attached hydrogen (secondary N) is 1. The summed E-state index contributed by atoms with van der Waals surface area (Å²) >= 11 is 0.827. The third-order valence-corrected chi connectivity index (χ3v) is 5.28. The molecule has 1 aliphatic heterocycles. The minimum Gasteiger partial charge on any atom is -0.507 e. The smallest absolute Gasteiger partial charge is 0.343 e. The van der Waals surface area contributed by atoms with Gasteiger partial charge in [-0.15, -0.1) is 0 Å². The molecule has 1 fully saturated rings. The van der Waals surface area contributed by atoms with Crippen LogP contribution in [0.25, 0.3) is 22.5 Å². The molecule has 29 heavy (non-hydrogen) atoms. The Morgan fingerprint density at radius 3 is 2.66 bits per heavy atom. The van der Waals surface area contributed by atoms with Gasteiger partial charge in [0.25, 0.3) is 11.1 Å². The Labute approximate surface area is 168 Å². The number of hydrogen-bond donors (Lipinski definition) is 2. The zero-order valence-electron chi connectivity index (χ0n) is 15.4. The molecule has 0 bridgehead atoms.